The van der Waals surface area contributed by atoms with Crippen molar-refractivity contribution in [2.75, 3.05) is 0 Å². The lowest BCUT2D eigenvalue weighted by Gasteiger charge is -2.04. The van der Waals surface area contributed by atoms with Crippen LogP contribution in [-0.2, 0) is 0 Å². The summed E-state index contributed by atoms with van der Waals surface area (Å²) in [7, 11) is 0. The first-order valence-electron chi connectivity index (χ1n) is 3.89. The lowest BCUT2D eigenvalue weighted by atomic mass is 10.2. The van der Waals surface area contributed by atoms with Crippen molar-refractivity contribution in [3.8, 4) is 0 Å². The molecule has 0 bridgehead atoms. The van der Waals surface area contributed by atoms with Crippen molar-refractivity contribution in [1.82, 2.24) is 0 Å². The van der Waals surface area contributed by atoms with E-state index in [0.29, 0.717) is 0 Å². The zero-order valence-electron chi connectivity index (χ0n) is 7.57. The first kappa shape index (κ1) is 12.0. The molecule has 0 saturated carbocycles. The number of halogens is 5. The summed E-state index contributed by atoms with van der Waals surface area (Å²) in [5.74, 6) is -0.806. The standard InChI is InChI=1S/C9H6ClF4N/c1-5-3-2-4-6(7(5)11)15-8(10)9(12,13)14/h2-4H,1H3. The molecular weight excluding hydrogens is 234 g/mol. The van der Waals surface area contributed by atoms with Crippen molar-refractivity contribution >= 4 is 22.5 Å². The highest BCUT2D eigenvalue weighted by Crippen LogP contribution is 2.26. The maximum atomic E-state index is 13.2. The highest BCUT2D eigenvalue weighted by Gasteiger charge is 2.34. The molecule has 0 heterocycles. The zero-order chi connectivity index (χ0) is 11.6. The summed E-state index contributed by atoms with van der Waals surface area (Å²) >= 11 is 4.87. The molecule has 0 aliphatic carbocycles. The van der Waals surface area contributed by atoms with E-state index in [9.17, 15) is 17.6 Å². The summed E-state index contributed by atoms with van der Waals surface area (Å²) in [6.07, 6.45) is -4.75. The molecule has 0 aromatic heterocycles. The highest BCUT2D eigenvalue weighted by atomic mass is 35.5. The van der Waals surface area contributed by atoms with Crippen LogP contribution in [0.1, 0.15) is 5.56 Å². The molecule has 82 valence electrons. The average molecular weight is 240 g/mol. The highest BCUT2D eigenvalue weighted by molar-refractivity contribution is 6.67. The summed E-state index contributed by atoms with van der Waals surface area (Å²) < 4.78 is 49.2. The van der Waals surface area contributed by atoms with Crippen molar-refractivity contribution in [2.24, 2.45) is 4.99 Å². The van der Waals surface area contributed by atoms with Crippen LogP contribution in [0.25, 0.3) is 0 Å². The molecule has 0 N–H and O–H groups in total. The van der Waals surface area contributed by atoms with Crippen molar-refractivity contribution < 1.29 is 17.6 Å². The molecule has 0 aliphatic rings. The minimum atomic E-state index is -4.75. The van der Waals surface area contributed by atoms with Crippen LogP contribution >= 0.6 is 11.6 Å². The molecule has 1 rings (SSSR count). The Morgan fingerprint density at radius 2 is 1.93 bits per heavy atom. The van der Waals surface area contributed by atoms with Crippen LogP contribution in [0, 0.1) is 12.7 Å². The van der Waals surface area contributed by atoms with Gasteiger partial charge < -0.3 is 0 Å². The largest absolute Gasteiger partial charge is 0.444 e. The third-order valence-corrected chi connectivity index (χ3v) is 1.92. The molecule has 0 atom stereocenters. The number of nitrogens with zero attached hydrogens (tertiary/aromatic N) is 1. The Morgan fingerprint density at radius 1 is 1.33 bits per heavy atom. The molecule has 0 saturated heterocycles. The normalized spacial score (nSPS) is 13.1. The first-order chi connectivity index (χ1) is 6.82. The van der Waals surface area contributed by atoms with Gasteiger partial charge in [0.1, 0.15) is 5.69 Å². The first-order valence-corrected chi connectivity index (χ1v) is 4.26. The van der Waals surface area contributed by atoms with Crippen LogP contribution in [-0.4, -0.2) is 11.3 Å². The molecule has 0 aliphatic heterocycles. The van der Waals surface area contributed by atoms with E-state index in [1.807, 2.05) is 0 Å². The van der Waals surface area contributed by atoms with E-state index in [1.54, 1.807) is 0 Å². The van der Waals surface area contributed by atoms with Crippen LogP contribution in [0.2, 0.25) is 0 Å². The SMILES string of the molecule is Cc1cccc(N=C(Cl)C(F)(F)F)c1F. The molecule has 0 spiro atoms. The molecular formula is C9H6ClF4N. The predicted octanol–water partition coefficient (Wildman–Crippen LogP) is 3.97. The third-order valence-electron chi connectivity index (χ3n) is 1.62. The summed E-state index contributed by atoms with van der Waals surface area (Å²) in [5, 5.41) is -1.59. The molecule has 0 unspecified atom stereocenters. The van der Waals surface area contributed by atoms with Gasteiger partial charge in [-0.15, -0.1) is 0 Å². The lowest BCUT2D eigenvalue weighted by Crippen LogP contribution is -2.16. The molecule has 0 amide bonds. The second kappa shape index (κ2) is 4.18. The van der Waals surface area contributed by atoms with Gasteiger partial charge in [0, 0.05) is 0 Å². The van der Waals surface area contributed by atoms with E-state index in [1.165, 1.54) is 19.1 Å². The number of benzene rings is 1. The van der Waals surface area contributed by atoms with Gasteiger partial charge in [-0.05, 0) is 18.6 Å². The monoisotopic (exact) mass is 239 g/mol. The Bertz CT molecular complexity index is 398. The minimum Gasteiger partial charge on any atom is -0.229 e. The lowest BCUT2D eigenvalue weighted by molar-refractivity contribution is -0.0558. The van der Waals surface area contributed by atoms with Gasteiger partial charge >= 0.3 is 6.18 Å². The number of aryl methyl sites for hydroxylation is 1. The summed E-state index contributed by atoms with van der Waals surface area (Å²) in [6.45, 7) is 1.43. The van der Waals surface area contributed by atoms with Gasteiger partial charge in [-0.3, -0.25) is 0 Å². The van der Waals surface area contributed by atoms with Gasteiger partial charge in [0.15, 0.2) is 5.82 Å². The minimum absolute atomic E-state index is 0.211. The Morgan fingerprint density at radius 3 is 2.47 bits per heavy atom. The number of aliphatic imine (C=N–C) groups is 1. The number of hydrogen-bond acceptors (Lipinski definition) is 1. The van der Waals surface area contributed by atoms with E-state index in [2.05, 4.69) is 4.99 Å². The van der Waals surface area contributed by atoms with Crippen LogP contribution in [0.5, 0.6) is 0 Å². The van der Waals surface area contributed by atoms with Crippen LogP contribution in [0.4, 0.5) is 23.2 Å². The fraction of sp³-hybridized carbons (Fsp3) is 0.222. The maximum Gasteiger partial charge on any atom is 0.444 e. The quantitative estimate of drug-likeness (QED) is 0.519. The van der Waals surface area contributed by atoms with Gasteiger partial charge in [-0.25, -0.2) is 9.38 Å². The van der Waals surface area contributed by atoms with E-state index in [-0.39, 0.29) is 5.56 Å². The molecule has 1 nitrogen and oxygen atoms in total. The van der Waals surface area contributed by atoms with Crippen molar-refractivity contribution in [3.05, 3.63) is 29.6 Å². The number of hydrogen-bond donors (Lipinski definition) is 0. The van der Waals surface area contributed by atoms with E-state index >= 15 is 0 Å². The summed E-state index contributed by atoms with van der Waals surface area (Å²) in [5.41, 5.74) is -0.208. The molecule has 0 radical (unpaired) electrons. The molecule has 15 heavy (non-hydrogen) atoms. The molecule has 0 fully saturated rings. The topological polar surface area (TPSA) is 12.4 Å². The smallest absolute Gasteiger partial charge is 0.229 e. The third kappa shape index (κ3) is 2.92. The van der Waals surface area contributed by atoms with Crippen molar-refractivity contribution in [1.29, 1.82) is 0 Å². The summed E-state index contributed by atoms with van der Waals surface area (Å²) in [6, 6.07) is 3.95. The predicted molar refractivity (Wildman–Crippen MR) is 50.1 cm³/mol. The molecule has 1 aromatic rings. The van der Waals surface area contributed by atoms with Gasteiger partial charge in [-0.2, -0.15) is 13.2 Å². The molecule has 1 aromatic carbocycles. The van der Waals surface area contributed by atoms with Gasteiger partial charge in [0.25, 0.3) is 0 Å². The Balaban J connectivity index is 3.15. The number of alkyl halides is 3. The molecule has 6 heteroatoms. The Kier molecular flexibility index (Phi) is 3.34. The maximum absolute atomic E-state index is 13.2. The summed E-state index contributed by atoms with van der Waals surface area (Å²) in [4.78, 5) is 2.97. The van der Waals surface area contributed by atoms with Gasteiger partial charge in [0.05, 0.1) is 0 Å². The van der Waals surface area contributed by atoms with Crippen LogP contribution in [0.3, 0.4) is 0 Å². The fourth-order valence-corrected chi connectivity index (χ4v) is 0.978. The van der Waals surface area contributed by atoms with Crippen LogP contribution < -0.4 is 0 Å². The average Bonchev–Trinajstić information content (AvgIpc) is 2.11. The second-order valence-electron chi connectivity index (χ2n) is 2.81. The second-order valence-corrected chi connectivity index (χ2v) is 3.17. The van der Waals surface area contributed by atoms with Gasteiger partial charge in [-0.1, -0.05) is 23.7 Å². The van der Waals surface area contributed by atoms with E-state index in [4.69, 9.17) is 11.6 Å². The van der Waals surface area contributed by atoms with Crippen LogP contribution in [0.15, 0.2) is 23.2 Å². The zero-order valence-corrected chi connectivity index (χ0v) is 8.33. The Hall–Kier alpha value is -1.10. The van der Waals surface area contributed by atoms with E-state index < -0.39 is 22.9 Å². The Labute approximate surface area is 88.4 Å². The van der Waals surface area contributed by atoms with Gasteiger partial charge in [0.2, 0.25) is 5.17 Å². The van der Waals surface area contributed by atoms with Crippen molar-refractivity contribution in [2.45, 2.75) is 13.1 Å². The van der Waals surface area contributed by atoms with Crippen molar-refractivity contribution in [3.63, 3.8) is 0 Å². The number of rotatable bonds is 1. The van der Waals surface area contributed by atoms with E-state index in [0.717, 1.165) is 6.07 Å². The fourth-order valence-electron chi connectivity index (χ4n) is 0.887.